The molecule has 19 heteroatoms. The van der Waals surface area contributed by atoms with Crippen molar-refractivity contribution in [2.45, 2.75) is 198 Å². The Morgan fingerprint density at radius 2 is 1.07 bits per heavy atom. The summed E-state index contributed by atoms with van der Waals surface area (Å²) in [5.41, 5.74) is 0. The second-order valence-electron chi connectivity index (χ2n) is 16.6. The third kappa shape index (κ3) is 32.9. The van der Waals surface area contributed by atoms with Crippen LogP contribution in [0.5, 0.6) is 0 Å². The van der Waals surface area contributed by atoms with Gasteiger partial charge in [-0.1, -0.05) is 144 Å². The molecule has 0 aliphatic heterocycles. The van der Waals surface area contributed by atoms with Crippen molar-refractivity contribution in [3.05, 3.63) is 85.1 Å². The van der Waals surface area contributed by atoms with Crippen molar-refractivity contribution >= 4 is 27.6 Å². The molecule has 0 amide bonds. The van der Waals surface area contributed by atoms with E-state index >= 15 is 0 Å². The Labute approximate surface area is 404 Å². The number of unbranched alkanes of at least 4 members (excludes halogenated alkanes) is 10. The maximum Gasteiger partial charge on any atom is 0.472 e. The standard InChI is InChI=1S/C49H82O17P2/c1-3-5-7-9-11-13-15-17-18-19-20-22-24-26-28-30-32-36-43(52)64-41(39-63-68(60,61)66-49-46(55)44(53)45(54)48(47(49)56)65-67(57,58)59)38-62-42(51)37-33-35-40(50)34-31-29-27-25-23-21-16-14-12-10-8-6-4-2/h6,8,11-14,17-18,21,23,27,29,31,34,40-41,44-50,53-56H,3-5,7,9-10,15-16,19-20,22,24-26,28,30,32-33,35-39H2,1-2H3,(H,60,61)(H2,57,58,59)/b8-6-,13-11-,14-12-,18-17-,23-21-,29-27-,34-31+/t40?,41-,44?,45?,46?,47?,48-,49+/m1/s1. The Bertz CT molecular complexity index is 1650. The van der Waals surface area contributed by atoms with E-state index in [4.69, 9.17) is 18.5 Å². The SMILES string of the molecule is CC/C=C\C/C=C\C/C=C\C/C=C\C=C\C(O)CCCC(=O)OC[C@H](COP(=O)(O)O[C@H]1C(O)C(O)C(O)[C@@H](OP(=O)(O)O)C1O)OC(=O)CCCCCCCCC/C=C\C/C=C\CCCCC. The Kier molecular flexibility index (Phi) is 36.1. The Hall–Kier alpha value is -2.86. The van der Waals surface area contributed by atoms with E-state index < -0.39 is 89.6 Å². The molecule has 0 radical (unpaired) electrons. The highest BCUT2D eigenvalue weighted by molar-refractivity contribution is 7.47. The molecule has 1 saturated carbocycles. The lowest BCUT2D eigenvalue weighted by Crippen LogP contribution is -2.64. The van der Waals surface area contributed by atoms with Gasteiger partial charge in [0.15, 0.2) is 6.10 Å². The van der Waals surface area contributed by atoms with E-state index in [9.17, 15) is 58.9 Å². The van der Waals surface area contributed by atoms with Gasteiger partial charge in [0.05, 0.1) is 12.7 Å². The molecule has 68 heavy (non-hydrogen) atoms. The van der Waals surface area contributed by atoms with E-state index in [1.165, 1.54) is 19.3 Å². The van der Waals surface area contributed by atoms with Crippen molar-refractivity contribution in [1.29, 1.82) is 0 Å². The monoisotopic (exact) mass is 1000 g/mol. The van der Waals surface area contributed by atoms with Crippen LogP contribution < -0.4 is 0 Å². The number of carbonyl (C=O) groups is 2. The number of phosphoric acid groups is 2. The fourth-order valence-electron chi connectivity index (χ4n) is 6.79. The molecular weight excluding hydrogens is 922 g/mol. The zero-order chi connectivity index (χ0) is 50.5. The zero-order valence-electron chi connectivity index (χ0n) is 40.1. The van der Waals surface area contributed by atoms with E-state index in [0.717, 1.165) is 83.5 Å². The molecule has 390 valence electrons. The number of hydrogen-bond acceptors (Lipinski definition) is 14. The summed E-state index contributed by atoms with van der Waals surface area (Å²) in [6, 6.07) is 0. The van der Waals surface area contributed by atoms with E-state index in [1.807, 2.05) is 18.2 Å². The molecule has 0 saturated heterocycles. The van der Waals surface area contributed by atoms with Gasteiger partial charge in [0.2, 0.25) is 0 Å². The molecule has 17 nitrogen and oxygen atoms in total. The zero-order valence-corrected chi connectivity index (χ0v) is 41.9. The van der Waals surface area contributed by atoms with Gasteiger partial charge in [0.25, 0.3) is 0 Å². The molecule has 0 heterocycles. The van der Waals surface area contributed by atoms with Crippen LogP contribution in [0.3, 0.4) is 0 Å². The van der Waals surface area contributed by atoms with Gasteiger partial charge in [-0.15, -0.1) is 0 Å². The Morgan fingerprint density at radius 1 is 0.559 bits per heavy atom. The fraction of sp³-hybridized carbons (Fsp3) is 0.673. The number of phosphoric ester groups is 2. The van der Waals surface area contributed by atoms with Crippen LogP contribution in [-0.2, 0) is 41.8 Å². The van der Waals surface area contributed by atoms with Crippen molar-refractivity contribution < 1.29 is 82.0 Å². The fourth-order valence-corrected chi connectivity index (χ4v) is 8.33. The van der Waals surface area contributed by atoms with Gasteiger partial charge >= 0.3 is 27.6 Å². The lowest BCUT2D eigenvalue weighted by atomic mass is 9.85. The molecule has 1 aliphatic carbocycles. The Balaban J connectivity index is 2.67. The first-order valence-electron chi connectivity index (χ1n) is 24.2. The highest BCUT2D eigenvalue weighted by atomic mass is 31.2. The molecule has 1 aliphatic rings. The van der Waals surface area contributed by atoms with Gasteiger partial charge in [-0.3, -0.25) is 23.2 Å². The van der Waals surface area contributed by atoms with Crippen LogP contribution in [0.15, 0.2) is 85.1 Å². The van der Waals surface area contributed by atoms with Gasteiger partial charge in [0.1, 0.15) is 43.2 Å². The first-order chi connectivity index (χ1) is 32.5. The second kappa shape index (κ2) is 38.8. The summed E-state index contributed by atoms with van der Waals surface area (Å²) >= 11 is 0. The maximum absolute atomic E-state index is 13.0. The summed E-state index contributed by atoms with van der Waals surface area (Å²) in [4.78, 5) is 54.3. The smallest absolute Gasteiger partial charge is 0.462 e. The van der Waals surface area contributed by atoms with Gasteiger partial charge in [-0.05, 0) is 77.0 Å². The highest BCUT2D eigenvalue weighted by Crippen LogP contribution is 2.49. The number of carbonyl (C=O) groups excluding carboxylic acids is 2. The van der Waals surface area contributed by atoms with Gasteiger partial charge < -0.3 is 49.7 Å². The van der Waals surface area contributed by atoms with Gasteiger partial charge in [-0.25, -0.2) is 9.13 Å². The van der Waals surface area contributed by atoms with E-state index in [-0.39, 0.29) is 25.7 Å². The van der Waals surface area contributed by atoms with E-state index in [0.29, 0.717) is 6.42 Å². The van der Waals surface area contributed by atoms with Crippen LogP contribution in [-0.4, -0.2) is 114 Å². The number of aliphatic hydroxyl groups is 5. The number of rotatable bonds is 39. The molecule has 0 spiro atoms. The molecule has 1 fully saturated rings. The second-order valence-corrected chi connectivity index (χ2v) is 19.2. The highest BCUT2D eigenvalue weighted by Gasteiger charge is 2.54. The van der Waals surface area contributed by atoms with Crippen molar-refractivity contribution in [2.24, 2.45) is 0 Å². The molecule has 0 aromatic carbocycles. The third-order valence-electron chi connectivity index (χ3n) is 10.6. The predicted octanol–water partition coefficient (Wildman–Crippen LogP) is 8.36. The summed E-state index contributed by atoms with van der Waals surface area (Å²) in [5.74, 6) is -1.43. The molecule has 0 bridgehead atoms. The van der Waals surface area contributed by atoms with Crippen molar-refractivity contribution in [2.75, 3.05) is 13.2 Å². The lowest BCUT2D eigenvalue weighted by molar-refractivity contribution is -0.216. The summed E-state index contributed by atoms with van der Waals surface area (Å²) in [6.07, 6.45) is 29.8. The number of ether oxygens (including phenoxy) is 2. The van der Waals surface area contributed by atoms with E-state index in [2.05, 4.69) is 73.1 Å². The topological polar surface area (TPSA) is 276 Å². The first kappa shape index (κ1) is 63.2. The Morgan fingerprint density at radius 3 is 1.66 bits per heavy atom. The van der Waals surface area contributed by atoms with Crippen molar-refractivity contribution in [1.82, 2.24) is 0 Å². The summed E-state index contributed by atoms with van der Waals surface area (Å²) in [5, 5.41) is 51.6. The molecule has 6 unspecified atom stereocenters. The lowest BCUT2D eigenvalue weighted by Gasteiger charge is -2.43. The third-order valence-corrected chi connectivity index (χ3v) is 12.1. The average molecular weight is 1010 g/mol. The summed E-state index contributed by atoms with van der Waals surface area (Å²) in [7, 11) is -10.8. The average Bonchev–Trinajstić information content (AvgIpc) is 3.29. The van der Waals surface area contributed by atoms with Gasteiger partial charge in [-0.2, -0.15) is 0 Å². The molecule has 0 aromatic heterocycles. The van der Waals surface area contributed by atoms with Crippen LogP contribution in [0, 0.1) is 0 Å². The van der Waals surface area contributed by atoms with E-state index in [1.54, 1.807) is 12.2 Å². The minimum Gasteiger partial charge on any atom is -0.462 e. The minimum absolute atomic E-state index is 0.0104. The van der Waals surface area contributed by atoms with Crippen molar-refractivity contribution in [3.63, 3.8) is 0 Å². The summed E-state index contributed by atoms with van der Waals surface area (Å²) < 4.78 is 49.3. The largest absolute Gasteiger partial charge is 0.472 e. The summed E-state index contributed by atoms with van der Waals surface area (Å²) in [6.45, 7) is 2.79. The molecular formula is C49H82O17P2. The maximum atomic E-state index is 13.0. The van der Waals surface area contributed by atoms with Crippen LogP contribution in [0.25, 0.3) is 0 Å². The van der Waals surface area contributed by atoms with Crippen molar-refractivity contribution in [3.8, 4) is 0 Å². The van der Waals surface area contributed by atoms with Gasteiger partial charge in [0, 0.05) is 12.8 Å². The molecule has 1 rings (SSSR count). The molecule has 0 aromatic rings. The molecule has 8 N–H and O–H groups in total. The van der Waals surface area contributed by atoms with Crippen LogP contribution in [0.1, 0.15) is 149 Å². The van der Waals surface area contributed by atoms with Crippen LogP contribution in [0.4, 0.5) is 0 Å². The quantitative estimate of drug-likeness (QED) is 0.00944. The molecule has 9 atom stereocenters. The van der Waals surface area contributed by atoms with Crippen LogP contribution >= 0.6 is 15.6 Å². The normalized spacial score (nSPS) is 22.4. The van der Waals surface area contributed by atoms with Crippen LogP contribution in [0.2, 0.25) is 0 Å². The number of allylic oxidation sites excluding steroid dienone is 13. The number of hydrogen-bond donors (Lipinski definition) is 8. The predicted molar refractivity (Wildman–Crippen MR) is 261 cm³/mol. The minimum atomic E-state index is -5.39. The number of aliphatic hydroxyl groups excluding tert-OH is 5. The number of esters is 2. The first-order valence-corrected chi connectivity index (χ1v) is 27.3.